The summed E-state index contributed by atoms with van der Waals surface area (Å²) in [7, 11) is 0. The van der Waals surface area contributed by atoms with Gasteiger partial charge in [-0.25, -0.2) is 0 Å². The minimum atomic E-state index is 0.600. The third-order valence-electron chi connectivity index (χ3n) is 2.61. The fourth-order valence-electron chi connectivity index (χ4n) is 1.75. The second-order valence-corrected chi connectivity index (χ2v) is 3.95. The average Bonchev–Trinajstić information content (AvgIpc) is 2.72. The Labute approximate surface area is 95.9 Å². The van der Waals surface area contributed by atoms with E-state index in [4.69, 9.17) is 5.73 Å². The lowest BCUT2D eigenvalue weighted by Crippen LogP contribution is -2.00. The maximum Gasteiger partial charge on any atom is 0.145 e. The van der Waals surface area contributed by atoms with Gasteiger partial charge in [0.15, 0.2) is 0 Å². The number of aromatic nitrogens is 2. The van der Waals surface area contributed by atoms with Crippen LogP contribution in [0.25, 0.3) is 0 Å². The lowest BCUT2D eigenvalue weighted by Gasteiger charge is -2.02. The van der Waals surface area contributed by atoms with Crippen LogP contribution < -0.4 is 5.73 Å². The molecule has 1 aromatic heterocycles. The Morgan fingerprint density at radius 3 is 2.56 bits per heavy atom. The summed E-state index contributed by atoms with van der Waals surface area (Å²) in [5.74, 6) is 0.600. The van der Waals surface area contributed by atoms with Crippen LogP contribution in [-0.4, -0.2) is 9.78 Å². The largest absolute Gasteiger partial charge is 0.382 e. The molecule has 0 bridgehead atoms. The highest BCUT2D eigenvalue weighted by Crippen LogP contribution is 2.06. The average molecular weight is 215 g/mol. The molecular weight excluding hydrogens is 198 g/mol. The van der Waals surface area contributed by atoms with Gasteiger partial charge >= 0.3 is 0 Å². The van der Waals surface area contributed by atoms with Gasteiger partial charge in [-0.3, -0.25) is 4.68 Å². The van der Waals surface area contributed by atoms with Crippen molar-refractivity contribution in [1.29, 1.82) is 0 Å². The Balaban J connectivity index is 1.69. The second-order valence-electron chi connectivity index (χ2n) is 3.95. The van der Waals surface area contributed by atoms with E-state index >= 15 is 0 Å². The molecule has 2 aromatic rings. The van der Waals surface area contributed by atoms with Gasteiger partial charge in [-0.15, -0.1) is 0 Å². The Morgan fingerprint density at radius 1 is 1.06 bits per heavy atom. The van der Waals surface area contributed by atoms with E-state index < -0.39 is 0 Å². The highest BCUT2D eigenvalue weighted by atomic mass is 15.3. The van der Waals surface area contributed by atoms with Crippen LogP contribution in [0.3, 0.4) is 0 Å². The maximum absolute atomic E-state index is 5.54. The molecule has 0 unspecified atom stereocenters. The van der Waals surface area contributed by atoms with Crippen molar-refractivity contribution in [3.05, 3.63) is 48.2 Å². The van der Waals surface area contributed by atoms with Crippen molar-refractivity contribution in [3.8, 4) is 0 Å². The number of nitrogens with zero attached hydrogens (tertiary/aromatic N) is 2. The van der Waals surface area contributed by atoms with Gasteiger partial charge in [-0.2, -0.15) is 5.10 Å². The summed E-state index contributed by atoms with van der Waals surface area (Å²) in [6.45, 7) is 0.948. The normalized spacial score (nSPS) is 10.5. The van der Waals surface area contributed by atoms with E-state index in [0.29, 0.717) is 5.82 Å². The van der Waals surface area contributed by atoms with E-state index in [1.54, 1.807) is 0 Å². The zero-order valence-corrected chi connectivity index (χ0v) is 9.34. The first-order valence-corrected chi connectivity index (χ1v) is 5.67. The van der Waals surface area contributed by atoms with Crippen molar-refractivity contribution in [3.63, 3.8) is 0 Å². The first-order chi connectivity index (χ1) is 7.84. The Hall–Kier alpha value is -1.77. The number of nitrogen functional groups attached to an aromatic ring is 1. The number of hydrogen-bond acceptors (Lipinski definition) is 2. The molecule has 16 heavy (non-hydrogen) atoms. The summed E-state index contributed by atoms with van der Waals surface area (Å²) in [4.78, 5) is 0. The van der Waals surface area contributed by atoms with Crippen molar-refractivity contribution in [2.75, 3.05) is 5.73 Å². The molecule has 0 radical (unpaired) electrons. The molecule has 3 nitrogen and oxygen atoms in total. The Morgan fingerprint density at radius 2 is 1.88 bits per heavy atom. The van der Waals surface area contributed by atoms with Crippen LogP contribution in [0.15, 0.2) is 42.6 Å². The molecule has 0 atom stereocenters. The third kappa shape index (κ3) is 3.12. The van der Waals surface area contributed by atoms with Crippen molar-refractivity contribution in [2.45, 2.75) is 25.8 Å². The van der Waals surface area contributed by atoms with Crippen LogP contribution in [0.5, 0.6) is 0 Å². The quantitative estimate of drug-likeness (QED) is 0.779. The molecule has 84 valence electrons. The van der Waals surface area contributed by atoms with Gasteiger partial charge in [0, 0.05) is 12.7 Å². The molecule has 3 heteroatoms. The highest BCUT2D eigenvalue weighted by Gasteiger charge is 1.95. The summed E-state index contributed by atoms with van der Waals surface area (Å²) in [6, 6.07) is 12.4. The molecule has 0 aliphatic rings. The Bertz CT molecular complexity index is 420. The minimum absolute atomic E-state index is 0.600. The summed E-state index contributed by atoms with van der Waals surface area (Å²) in [5.41, 5.74) is 6.95. The van der Waals surface area contributed by atoms with E-state index in [9.17, 15) is 0 Å². The predicted octanol–water partition coefficient (Wildman–Crippen LogP) is 2.49. The molecule has 0 saturated carbocycles. The number of anilines is 1. The zero-order chi connectivity index (χ0) is 11.2. The lowest BCUT2D eigenvalue weighted by atomic mass is 10.1. The summed E-state index contributed by atoms with van der Waals surface area (Å²) >= 11 is 0. The topological polar surface area (TPSA) is 43.8 Å². The first kappa shape index (κ1) is 10.7. The number of hydrogen-bond donors (Lipinski definition) is 1. The summed E-state index contributed by atoms with van der Waals surface area (Å²) < 4.78 is 1.90. The maximum atomic E-state index is 5.54. The van der Waals surface area contributed by atoms with E-state index in [2.05, 4.69) is 35.4 Å². The number of rotatable bonds is 5. The molecule has 2 rings (SSSR count). The standard InChI is InChI=1S/C13H17N3/c14-13-9-11-16(15-13)10-5-4-8-12-6-2-1-3-7-12/h1-3,6-7,9,11H,4-5,8,10H2,(H2,14,15). The van der Waals surface area contributed by atoms with E-state index in [1.807, 2.05) is 16.9 Å². The molecule has 2 N–H and O–H groups in total. The fraction of sp³-hybridized carbons (Fsp3) is 0.308. The fourth-order valence-corrected chi connectivity index (χ4v) is 1.75. The summed E-state index contributed by atoms with van der Waals surface area (Å²) in [6.07, 6.45) is 5.38. The van der Waals surface area contributed by atoms with Crippen molar-refractivity contribution < 1.29 is 0 Å². The zero-order valence-electron chi connectivity index (χ0n) is 9.34. The van der Waals surface area contributed by atoms with Crippen LogP contribution in [-0.2, 0) is 13.0 Å². The SMILES string of the molecule is Nc1ccn(CCCCc2ccccc2)n1. The molecule has 0 fully saturated rings. The second kappa shape index (κ2) is 5.35. The number of unbranched alkanes of at least 4 members (excludes halogenated alkanes) is 1. The van der Waals surface area contributed by atoms with Gasteiger partial charge < -0.3 is 5.73 Å². The van der Waals surface area contributed by atoms with Gasteiger partial charge in [0.25, 0.3) is 0 Å². The molecule has 0 saturated heterocycles. The van der Waals surface area contributed by atoms with Crippen molar-refractivity contribution in [1.82, 2.24) is 9.78 Å². The van der Waals surface area contributed by atoms with Gasteiger partial charge in [-0.05, 0) is 30.9 Å². The van der Waals surface area contributed by atoms with Gasteiger partial charge in [0.1, 0.15) is 5.82 Å². The predicted molar refractivity (Wildman–Crippen MR) is 66.0 cm³/mol. The molecule has 0 amide bonds. The number of benzene rings is 1. The highest BCUT2D eigenvalue weighted by molar-refractivity contribution is 5.23. The van der Waals surface area contributed by atoms with Gasteiger partial charge in [0.05, 0.1) is 0 Å². The van der Waals surface area contributed by atoms with Crippen molar-refractivity contribution >= 4 is 5.82 Å². The van der Waals surface area contributed by atoms with Crippen LogP contribution in [0.4, 0.5) is 5.82 Å². The molecule has 0 aliphatic heterocycles. The van der Waals surface area contributed by atoms with Crippen molar-refractivity contribution in [2.24, 2.45) is 0 Å². The van der Waals surface area contributed by atoms with Crippen LogP contribution in [0.1, 0.15) is 18.4 Å². The lowest BCUT2D eigenvalue weighted by molar-refractivity contribution is 0.559. The van der Waals surface area contributed by atoms with E-state index in [1.165, 1.54) is 12.0 Å². The molecule has 1 heterocycles. The van der Waals surface area contributed by atoms with E-state index in [0.717, 1.165) is 19.4 Å². The minimum Gasteiger partial charge on any atom is -0.382 e. The van der Waals surface area contributed by atoms with Crippen LogP contribution in [0.2, 0.25) is 0 Å². The molecule has 1 aromatic carbocycles. The molecule has 0 spiro atoms. The summed E-state index contributed by atoms with van der Waals surface area (Å²) in [5, 5.41) is 4.15. The first-order valence-electron chi connectivity index (χ1n) is 5.67. The molecule has 0 aliphatic carbocycles. The third-order valence-corrected chi connectivity index (χ3v) is 2.61. The monoisotopic (exact) mass is 215 g/mol. The van der Waals surface area contributed by atoms with Crippen LogP contribution in [0, 0.1) is 0 Å². The molecular formula is C13H17N3. The number of nitrogens with two attached hydrogens (primary N) is 1. The van der Waals surface area contributed by atoms with Gasteiger partial charge in [-0.1, -0.05) is 30.3 Å². The van der Waals surface area contributed by atoms with Crippen LogP contribution >= 0.6 is 0 Å². The Kier molecular flexibility index (Phi) is 3.59. The van der Waals surface area contributed by atoms with Gasteiger partial charge in [0.2, 0.25) is 0 Å². The van der Waals surface area contributed by atoms with E-state index in [-0.39, 0.29) is 0 Å². The number of aryl methyl sites for hydroxylation is 2. The smallest absolute Gasteiger partial charge is 0.145 e.